The van der Waals surface area contributed by atoms with Crippen molar-refractivity contribution < 1.29 is 4.57 Å². The van der Waals surface area contributed by atoms with E-state index in [0.717, 1.165) is 5.92 Å². The molecular weight excluding hydrogens is 386 g/mol. The first-order valence-corrected chi connectivity index (χ1v) is 12.3. The first-order valence-electron chi connectivity index (χ1n) is 12.3. The summed E-state index contributed by atoms with van der Waals surface area (Å²) in [6, 6.07) is 22.9. The van der Waals surface area contributed by atoms with Gasteiger partial charge in [0.15, 0.2) is 0 Å². The zero-order chi connectivity index (χ0) is 22.5. The van der Waals surface area contributed by atoms with Gasteiger partial charge in [-0.2, -0.15) is 4.57 Å². The summed E-state index contributed by atoms with van der Waals surface area (Å²) in [5, 5.41) is 4.18. The predicted molar refractivity (Wildman–Crippen MR) is 137 cm³/mol. The molecule has 0 spiro atoms. The Morgan fingerprint density at radius 3 is 2.16 bits per heavy atom. The predicted octanol–water partition coefficient (Wildman–Crippen LogP) is 7.82. The maximum Gasteiger partial charge on any atom is 0.213 e. The van der Waals surface area contributed by atoms with E-state index in [1.165, 1.54) is 81.7 Å². The first-order chi connectivity index (χ1) is 15.3. The molecule has 0 unspecified atom stereocenters. The normalized spacial score (nSPS) is 15.2. The van der Waals surface area contributed by atoms with Crippen molar-refractivity contribution in [3.8, 4) is 11.3 Å². The molecule has 1 aromatic heterocycles. The molecule has 1 fully saturated rings. The summed E-state index contributed by atoms with van der Waals surface area (Å²) in [5.74, 6) is 0.835. The largest absolute Gasteiger partial charge is 0.213 e. The van der Waals surface area contributed by atoms with Gasteiger partial charge < -0.3 is 0 Å². The average Bonchev–Trinajstić information content (AvgIpc) is 3.29. The highest BCUT2D eigenvalue weighted by molar-refractivity contribution is 5.94. The minimum absolute atomic E-state index is 0.0875. The minimum Gasteiger partial charge on any atom is -0.194 e. The van der Waals surface area contributed by atoms with Crippen LogP contribution in [0.3, 0.4) is 0 Å². The number of para-hydroxylation sites is 1. The topological polar surface area (TPSA) is 3.88 Å². The molecule has 0 radical (unpaired) electrons. The van der Waals surface area contributed by atoms with Crippen LogP contribution in [-0.4, -0.2) is 0 Å². The van der Waals surface area contributed by atoms with Gasteiger partial charge in [0.2, 0.25) is 11.2 Å². The fraction of sp³-hybridized carbons (Fsp3) is 0.387. The van der Waals surface area contributed by atoms with Crippen molar-refractivity contribution in [2.45, 2.75) is 65.2 Å². The quantitative estimate of drug-likeness (QED) is 0.296. The van der Waals surface area contributed by atoms with E-state index < -0.39 is 0 Å². The molecular formula is C31H36N+. The third-order valence-corrected chi connectivity index (χ3v) is 7.66. The highest BCUT2D eigenvalue weighted by atomic mass is 14.9. The SMILES string of the molecule is Cc1c(-c2cc(CC3CCCC3)c3ccccc3[n+]2C)cc(C(C)(C)C)c2ccccc12. The van der Waals surface area contributed by atoms with Gasteiger partial charge in [-0.05, 0) is 64.3 Å². The molecule has 0 amide bonds. The van der Waals surface area contributed by atoms with Crippen LogP contribution in [0.1, 0.15) is 63.1 Å². The summed E-state index contributed by atoms with van der Waals surface area (Å²) in [4.78, 5) is 0. The van der Waals surface area contributed by atoms with Crippen molar-refractivity contribution in [2.75, 3.05) is 0 Å². The van der Waals surface area contributed by atoms with E-state index in [9.17, 15) is 0 Å². The third-order valence-electron chi connectivity index (χ3n) is 7.66. The molecule has 0 atom stereocenters. The molecule has 0 bridgehead atoms. The molecule has 1 saturated carbocycles. The van der Waals surface area contributed by atoms with Gasteiger partial charge in [-0.3, -0.25) is 0 Å². The van der Waals surface area contributed by atoms with Gasteiger partial charge in [-0.15, -0.1) is 0 Å². The summed E-state index contributed by atoms with van der Waals surface area (Å²) in [6.45, 7) is 9.30. The Hall–Kier alpha value is -2.67. The third kappa shape index (κ3) is 3.62. The summed E-state index contributed by atoms with van der Waals surface area (Å²) in [6.07, 6.45) is 6.76. The summed E-state index contributed by atoms with van der Waals surface area (Å²) in [7, 11) is 2.24. The summed E-state index contributed by atoms with van der Waals surface area (Å²) >= 11 is 0. The number of aromatic nitrogens is 1. The monoisotopic (exact) mass is 422 g/mol. The van der Waals surface area contributed by atoms with Gasteiger partial charge in [0.25, 0.3) is 0 Å². The number of hydrogen-bond donors (Lipinski definition) is 0. The molecule has 164 valence electrons. The van der Waals surface area contributed by atoms with E-state index in [4.69, 9.17) is 0 Å². The fourth-order valence-corrected chi connectivity index (χ4v) is 5.87. The van der Waals surface area contributed by atoms with Gasteiger partial charge in [-0.1, -0.05) is 82.9 Å². The maximum atomic E-state index is 2.50. The molecule has 1 aliphatic rings. The van der Waals surface area contributed by atoms with Crippen molar-refractivity contribution in [2.24, 2.45) is 13.0 Å². The first kappa shape index (κ1) is 21.2. The Balaban J connectivity index is 1.79. The lowest BCUT2D eigenvalue weighted by Crippen LogP contribution is -2.33. The number of pyridine rings is 1. The lowest BCUT2D eigenvalue weighted by atomic mass is 9.80. The van der Waals surface area contributed by atoms with Crippen LogP contribution < -0.4 is 4.57 Å². The zero-order valence-corrected chi connectivity index (χ0v) is 20.3. The Bertz CT molecular complexity index is 1300. The lowest BCUT2D eigenvalue weighted by Gasteiger charge is -2.24. The number of hydrogen-bond acceptors (Lipinski definition) is 0. The van der Waals surface area contributed by atoms with Gasteiger partial charge >= 0.3 is 0 Å². The molecule has 1 aliphatic carbocycles. The molecule has 1 heterocycles. The van der Waals surface area contributed by atoms with E-state index >= 15 is 0 Å². The van der Waals surface area contributed by atoms with Gasteiger partial charge in [-0.25, -0.2) is 0 Å². The van der Waals surface area contributed by atoms with E-state index in [0.29, 0.717) is 0 Å². The molecule has 32 heavy (non-hydrogen) atoms. The van der Waals surface area contributed by atoms with Crippen LogP contribution in [0.5, 0.6) is 0 Å². The van der Waals surface area contributed by atoms with E-state index in [1.807, 2.05) is 0 Å². The number of aryl methyl sites for hydroxylation is 2. The number of nitrogens with zero attached hydrogens (tertiary/aromatic N) is 1. The van der Waals surface area contributed by atoms with Crippen LogP contribution >= 0.6 is 0 Å². The maximum absolute atomic E-state index is 2.50. The second kappa shape index (κ2) is 8.03. The zero-order valence-electron chi connectivity index (χ0n) is 20.3. The average molecular weight is 423 g/mol. The van der Waals surface area contributed by atoms with Gasteiger partial charge in [0.05, 0.1) is 0 Å². The molecule has 5 rings (SSSR count). The summed E-state index contributed by atoms with van der Waals surface area (Å²) < 4.78 is 2.41. The highest BCUT2D eigenvalue weighted by Gasteiger charge is 2.26. The Morgan fingerprint density at radius 1 is 0.844 bits per heavy atom. The van der Waals surface area contributed by atoms with E-state index in [-0.39, 0.29) is 5.41 Å². The van der Waals surface area contributed by atoms with Crippen LogP contribution in [0.25, 0.3) is 32.9 Å². The standard InChI is InChI=1S/C31H36N/c1-21-24-14-8-9-16-26(24)28(31(2,3)4)20-27(21)30-19-23(18-22-12-6-7-13-22)25-15-10-11-17-29(25)32(30)5/h8-11,14-17,19-20,22H,6-7,12-13,18H2,1-5H3/q+1. The highest BCUT2D eigenvalue weighted by Crippen LogP contribution is 2.38. The van der Waals surface area contributed by atoms with Crippen molar-refractivity contribution in [1.82, 2.24) is 0 Å². The molecule has 0 aliphatic heterocycles. The number of rotatable bonds is 3. The van der Waals surface area contributed by atoms with Gasteiger partial charge in [0, 0.05) is 23.1 Å². The van der Waals surface area contributed by atoms with E-state index in [1.54, 1.807) is 0 Å². The smallest absolute Gasteiger partial charge is 0.194 e. The van der Waals surface area contributed by atoms with Crippen LogP contribution in [0.4, 0.5) is 0 Å². The number of benzene rings is 3. The van der Waals surface area contributed by atoms with Crippen LogP contribution in [0, 0.1) is 12.8 Å². The van der Waals surface area contributed by atoms with Crippen molar-refractivity contribution in [3.05, 3.63) is 77.4 Å². The van der Waals surface area contributed by atoms with Crippen molar-refractivity contribution in [3.63, 3.8) is 0 Å². The molecule has 0 saturated heterocycles. The molecule has 1 nitrogen and oxygen atoms in total. The van der Waals surface area contributed by atoms with Crippen LogP contribution in [-0.2, 0) is 18.9 Å². The Kier molecular flexibility index (Phi) is 5.32. The van der Waals surface area contributed by atoms with Gasteiger partial charge in [0.1, 0.15) is 7.05 Å². The number of fused-ring (bicyclic) bond motifs is 2. The fourth-order valence-electron chi connectivity index (χ4n) is 5.87. The van der Waals surface area contributed by atoms with Crippen molar-refractivity contribution in [1.29, 1.82) is 0 Å². The summed E-state index contributed by atoms with van der Waals surface area (Å²) in [5.41, 5.74) is 8.46. The Morgan fingerprint density at radius 2 is 1.47 bits per heavy atom. The Labute approximate surface area is 193 Å². The van der Waals surface area contributed by atoms with Crippen LogP contribution in [0.15, 0.2) is 60.7 Å². The van der Waals surface area contributed by atoms with E-state index in [2.05, 4.69) is 100.0 Å². The lowest BCUT2D eigenvalue weighted by molar-refractivity contribution is -0.633. The second-order valence-corrected chi connectivity index (χ2v) is 10.9. The van der Waals surface area contributed by atoms with Crippen LogP contribution in [0.2, 0.25) is 0 Å². The molecule has 0 N–H and O–H groups in total. The second-order valence-electron chi connectivity index (χ2n) is 10.9. The molecule has 1 heteroatoms. The molecule has 4 aromatic rings. The van der Waals surface area contributed by atoms with Crippen molar-refractivity contribution >= 4 is 21.7 Å². The molecule has 3 aromatic carbocycles. The minimum atomic E-state index is 0.0875.